The van der Waals surface area contributed by atoms with Crippen LogP contribution in [0.2, 0.25) is 0 Å². The van der Waals surface area contributed by atoms with Gasteiger partial charge < -0.3 is 18.9 Å². The molecule has 0 amide bonds. The quantitative estimate of drug-likeness (QED) is 0.395. The average Bonchev–Trinajstić information content (AvgIpc) is 2.66. The van der Waals surface area contributed by atoms with Crippen LogP contribution in [0.15, 0.2) is 36.4 Å². The number of benzene rings is 2. The summed E-state index contributed by atoms with van der Waals surface area (Å²) in [5, 5.41) is 0.736. The summed E-state index contributed by atoms with van der Waals surface area (Å²) in [4.78, 5) is 0. The number of ether oxygens (including phenoxy) is 4. The molecule has 0 heterocycles. The molecule has 2 aromatic carbocycles. The summed E-state index contributed by atoms with van der Waals surface area (Å²) in [5.41, 5.74) is 2.21. The minimum Gasteiger partial charge on any atom is -0.497 e. The molecule has 0 unspecified atom stereocenters. The van der Waals surface area contributed by atoms with Gasteiger partial charge in [-0.1, -0.05) is 44.6 Å². The van der Waals surface area contributed by atoms with Gasteiger partial charge in [-0.3, -0.25) is 0 Å². The molecule has 0 fully saturated rings. The van der Waals surface area contributed by atoms with E-state index in [0.29, 0.717) is 0 Å². The van der Waals surface area contributed by atoms with Crippen molar-refractivity contribution in [2.75, 3.05) is 28.4 Å². The summed E-state index contributed by atoms with van der Waals surface area (Å²) in [7, 11) is 6.65. The van der Waals surface area contributed by atoms with Gasteiger partial charge in [0.25, 0.3) is 0 Å². The highest BCUT2D eigenvalue weighted by molar-refractivity contribution is 14.1. The SMILES string of the molecule is COc1ccc(OC)c(CI)c1.COc1cccc(OC)c1CBr. The summed E-state index contributed by atoms with van der Waals surface area (Å²) in [6.07, 6.45) is 0. The first-order valence-corrected chi connectivity index (χ1v) is 9.82. The molecule has 132 valence electrons. The van der Waals surface area contributed by atoms with Crippen LogP contribution in [0.1, 0.15) is 11.1 Å². The predicted molar refractivity (Wildman–Crippen MR) is 109 cm³/mol. The van der Waals surface area contributed by atoms with E-state index in [1.165, 1.54) is 0 Å². The molecule has 0 spiro atoms. The Morgan fingerprint density at radius 2 is 1.42 bits per heavy atom. The Kier molecular flexibility index (Phi) is 9.94. The number of hydrogen-bond acceptors (Lipinski definition) is 4. The number of halogens is 2. The lowest BCUT2D eigenvalue weighted by atomic mass is 10.2. The molecular weight excluding hydrogens is 487 g/mol. The highest BCUT2D eigenvalue weighted by Crippen LogP contribution is 2.29. The molecule has 0 bridgehead atoms. The van der Waals surface area contributed by atoms with Crippen molar-refractivity contribution in [2.45, 2.75) is 9.76 Å². The van der Waals surface area contributed by atoms with Gasteiger partial charge in [0.1, 0.15) is 23.0 Å². The van der Waals surface area contributed by atoms with E-state index in [2.05, 4.69) is 38.5 Å². The van der Waals surface area contributed by atoms with Gasteiger partial charge in [-0.2, -0.15) is 0 Å². The van der Waals surface area contributed by atoms with Crippen molar-refractivity contribution in [1.82, 2.24) is 0 Å². The van der Waals surface area contributed by atoms with Gasteiger partial charge in [-0.05, 0) is 30.3 Å². The van der Waals surface area contributed by atoms with Crippen molar-refractivity contribution >= 4 is 38.5 Å². The first-order chi connectivity index (χ1) is 11.6. The lowest BCUT2D eigenvalue weighted by Gasteiger charge is -2.09. The van der Waals surface area contributed by atoms with Crippen LogP contribution in [0.25, 0.3) is 0 Å². The summed E-state index contributed by atoms with van der Waals surface area (Å²) < 4.78 is 21.5. The Morgan fingerprint density at radius 3 is 1.83 bits per heavy atom. The Labute approximate surface area is 165 Å². The van der Waals surface area contributed by atoms with Gasteiger partial charge in [-0.15, -0.1) is 0 Å². The van der Waals surface area contributed by atoms with Crippen LogP contribution in [0.4, 0.5) is 0 Å². The molecule has 0 aliphatic carbocycles. The highest BCUT2D eigenvalue weighted by atomic mass is 127. The maximum atomic E-state index is 5.18. The summed E-state index contributed by atoms with van der Waals surface area (Å²) >= 11 is 5.68. The van der Waals surface area contributed by atoms with Crippen LogP contribution < -0.4 is 18.9 Å². The largest absolute Gasteiger partial charge is 0.497 e. The van der Waals surface area contributed by atoms with Crippen LogP contribution in [0.3, 0.4) is 0 Å². The number of hydrogen-bond donors (Lipinski definition) is 0. The van der Waals surface area contributed by atoms with E-state index in [9.17, 15) is 0 Å². The van der Waals surface area contributed by atoms with Gasteiger partial charge in [-0.25, -0.2) is 0 Å². The monoisotopic (exact) mass is 508 g/mol. The first kappa shape index (κ1) is 20.9. The maximum Gasteiger partial charge on any atom is 0.126 e. The molecule has 0 saturated heterocycles. The molecule has 0 N–H and O–H groups in total. The van der Waals surface area contributed by atoms with Crippen LogP contribution >= 0.6 is 38.5 Å². The van der Waals surface area contributed by atoms with Gasteiger partial charge >= 0.3 is 0 Å². The molecule has 0 atom stereocenters. The van der Waals surface area contributed by atoms with Crippen LogP contribution in [-0.4, -0.2) is 28.4 Å². The average molecular weight is 509 g/mol. The van der Waals surface area contributed by atoms with Crippen molar-refractivity contribution in [3.63, 3.8) is 0 Å². The molecule has 0 aliphatic rings. The molecule has 2 aromatic rings. The summed E-state index contributed by atoms with van der Waals surface area (Å²) in [6, 6.07) is 11.6. The number of methoxy groups -OCH3 is 4. The lowest BCUT2D eigenvalue weighted by molar-refractivity contribution is 0.388. The van der Waals surface area contributed by atoms with Crippen molar-refractivity contribution in [3.05, 3.63) is 47.5 Å². The van der Waals surface area contributed by atoms with Crippen molar-refractivity contribution in [1.29, 1.82) is 0 Å². The molecule has 24 heavy (non-hydrogen) atoms. The number of alkyl halides is 2. The predicted octanol–water partition coefficient (Wildman–Crippen LogP) is 5.24. The minimum absolute atomic E-state index is 0.736. The fourth-order valence-electron chi connectivity index (χ4n) is 2.05. The zero-order chi connectivity index (χ0) is 17.9. The Hall–Kier alpha value is -1.15. The van der Waals surface area contributed by atoms with Gasteiger partial charge in [0.2, 0.25) is 0 Å². The van der Waals surface area contributed by atoms with Crippen molar-refractivity contribution in [3.8, 4) is 23.0 Å². The smallest absolute Gasteiger partial charge is 0.126 e. The minimum atomic E-state index is 0.736. The Bertz CT molecular complexity index is 609. The van der Waals surface area contributed by atoms with E-state index in [1.54, 1.807) is 28.4 Å². The second kappa shape index (κ2) is 11.4. The molecule has 0 aliphatic heterocycles. The molecule has 2 rings (SSSR count). The van der Waals surface area contributed by atoms with Crippen LogP contribution in [0.5, 0.6) is 23.0 Å². The third kappa shape index (κ3) is 5.73. The Morgan fingerprint density at radius 1 is 0.833 bits per heavy atom. The topological polar surface area (TPSA) is 36.9 Å². The third-order valence-electron chi connectivity index (χ3n) is 3.30. The highest BCUT2D eigenvalue weighted by Gasteiger charge is 2.06. The summed E-state index contributed by atoms with van der Waals surface area (Å²) in [6.45, 7) is 0. The van der Waals surface area contributed by atoms with Crippen LogP contribution in [0, 0.1) is 0 Å². The normalized spacial score (nSPS) is 9.58. The molecule has 0 aromatic heterocycles. The first-order valence-electron chi connectivity index (χ1n) is 7.17. The van der Waals surface area contributed by atoms with Gasteiger partial charge in [0.05, 0.1) is 28.4 Å². The van der Waals surface area contributed by atoms with E-state index in [-0.39, 0.29) is 0 Å². The van der Waals surface area contributed by atoms with Crippen molar-refractivity contribution < 1.29 is 18.9 Å². The van der Waals surface area contributed by atoms with E-state index >= 15 is 0 Å². The van der Waals surface area contributed by atoms with Crippen LogP contribution in [-0.2, 0) is 9.76 Å². The zero-order valence-corrected chi connectivity index (χ0v) is 18.0. The Balaban J connectivity index is 0.000000240. The van der Waals surface area contributed by atoms with E-state index in [4.69, 9.17) is 18.9 Å². The fraction of sp³-hybridized carbons (Fsp3) is 0.333. The lowest BCUT2D eigenvalue weighted by Crippen LogP contribution is -1.93. The molecule has 6 heteroatoms. The van der Waals surface area contributed by atoms with E-state index in [1.807, 2.05) is 36.4 Å². The van der Waals surface area contributed by atoms with E-state index in [0.717, 1.165) is 43.9 Å². The van der Waals surface area contributed by atoms with Gasteiger partial charge in [0, 0.05) is 20.9 Å². The molecule has 4 nitrogen and oxygen atoms in total. The van der Waals surface area contributed by atoms with E-state index < -0.39 is 0 Å². The fourth-order valence-corrected chi connectivity index (χ4v) is 3.19. The second-order valence-corrected chi connectivity index (χ2v) is 5.91. The molecular formula is C18H22BrIO4. The molecule has 0 radical (unpaired) electrons. The summed E-state index contributed by atoms with van der Waals surface area (Å²) in [5.74, 6) is 3.50. The van der Waals surface area contributed by atoms with Gasteiger partial charge in [0.15, 0.2) is 0 Å². The standard InChI is InChI=1S/C9H11BrO2.C9H11IO2/c1-11-8-4-3-5-9(12-2)7(8)6-10;1-11-8-3-4-9(12-2)7(5-8)6-10/h2*3-5H,6H2,1-2H3. The molecule has 0 saturated carbocycles. The maximum absolute atomic E-state index is 5.18. The third-order valence-corrected chi connectivity index (χ3v) is 4.68. The second-order valence-electron chi connectivity index (χ2n) is 4.59. The number of rotatable bonds is 6. The van der Waals surface area contributed by atoms with Crippen molar-refractivity contribution in [2.24, 2.45) is 0 Å². The zero-order valence-electron chi connectivity index (χ0n) is 14.3.